The number of benzene rings is 3. The average molecular weight is 616 g/mol. The molecular weight excluding hydrogens is 582 g/mol. The summed E-state index contributed by atoms with van der Waals surface area (Å²) in [6.07, 6.45) is -1.46. The van der Waals surface area contributed by atoms with Crippen LogP contribution < -0.4 is 21.7 Å². The van der Waals surface area contributed by atoms with Gasteiger partial charge in [-0.05, 0) is 54.0 Å². The van der Waals surface area contributed by atoms with E-state index in [9.17, 15) is 34.4 Å². The highest BCUT2D eigenvalue weighted by Gasteiger charge is 2.51. The van der Waals surface area contributed by atoms with Gasteiger partial charge in [0.2, 0.25) is 11.8 Å². The molecule has 1 aliphatic heterocycles. The molecule has 13 heteroatoms. The van der Waals surface area contributed by atoms with Crippen LogP contribution in [-0.2, 0) is 43.2 Å². The molecule has 1 fully saturated rings. The van der Waals surface area contributed by atoms with Gasteiger partial charge in [0.1, 0.15) is 12.1 Å². The minimum absolute atomic E-state index is 0.232. The Morgan fingerprint density at radius 3 is 2.13 bits per heavy atom. The third kappa shape index (κ3) is 7.27. The number of amides is 4. The molecule has 0 aromatic heterocycles. The van der Waals surface area contributed by atoms with E-state index < -0.39 is 64.3 Å². The van der Waals surface area contributed by atoms with E-state index in [2.05, 4.69) is 16.0 Å². The van der Waals surface area contributed by atoms with Crippen molar-refractivity contribution in [1.29, 1.82) is 0 Å². The molecule has 13 nitrogen and oxygen atoms in total. The van der Waals surface area contributed by atoms with Gasteiger partial charge in [-0.2, -0.15) is 0 Å². The highest BCUT2D eigenvalue weighted by Crippen LogP contribution is 2.30. The molecule has 6 N–H and O–H groups in total. The lowest BCUT2D eigenvalue weighted by Crippen LogP contribution is -2.56. The molecule has 0 bridgehead atoms. The van der Waals surface area contributed by atoms with Crippen LogP contribution in [0, 0.1) is 16.0 Å². The summed E-state index contributed by atoms with van der Waals surface area (Å²) < 4.78 is 5.36. The lowest BCUT2D eigenvalue weighted by atomic mass is 9.95. The number of nitrogens with zero attached hydrogens (tertiary/aromatic N) is 1. The number of epoxide rings is 1. The van der Waals surface area contributed by atoms with Crippen LogP contribution in [0.3, 0.4) is 0 Å². The lowest BCUT2D eigenvalue weighted by Gasteiger charge is -2.25. The van der Waals surface area contributed by atoms with Crippen LogP contribution in [0.25, 0.3) is 0 Å². The van der Waals surface area contributed by atoms with Crippen molar-refractivity contribution in [1.82, 2.24) is 16.0 Å². The van der Waals surface area contributed by atoms with Crippen LogP contribution in [0.2, 0.25) is 0 Å². The molecule has 3 aromatic rings. The van der Waals surface area contributed by atoms with E-state index in [0.29, 0.717) is 12.8 Å². The first kappa shape index (κ1) is 31.1. The first-order valence-corrected chi connectivity index (χ1v) is 14.5. The summed E-state index contributed by atoms with van der Waals surface area (Å²) in [6, 6.07) is 17.7. The Balaban J connectivity index is 1.30. The highest BCUT2D eigenvalue weighted by atomic mass is 16.6. The van der Waals surface area contributed by atoms with Gasteiger partial charge in [0.15, 0.2) is 18.0 Å². The molecule has 234 valence electrons. The Hall–Kier alpha value is -5.30. The maximum Gasteiger partial charge on any atom is 0.310 e. The molecule has 2 aliphatic rings. The molecule has 0 spiro atoms. The average Bonchev–Trinajstić information content (AvgIpc) is 3.72. The maximum atomic E-state index is 13.6. The van der Waals surface area contributed by atoms with Crippen molar-refractivity contribution in [3.05, 3.63) is 105 Å². The predicted octanol–water partition coefficient (Wildman–Crippen LogP) is 1.36. The molecule has 45 heavy (non-hydrogen) atoms. The molecule has 4 amide bonds. The first-order valence-electron chi connectivity index (χ1n) is 14.5. The van der Waals surface area contributed by atoms with E-state index in [4.69, 9.17) is 10.5 Å². The van der Waals surface area contributed by atoms with Crippen molar-refractivity contribution in [2.24, 2.45) is 11.7 Å². The Morgan fingerprint density at radius 2 is 1.53 bits per heavy atom. The standard InChI is InChI=1S/C32H33N5O8/c1-17(19-7-3-2-4-8-19)34-31(41)27-28(45-27)32(42)35-23(13-18-11-12-25(38)24(14-18)37(43)44)30(40)36-26(29(33)39)22-15-20-9-5-6-10-21(20)16-22/h2-12,14,17,22-23,26-28,38H,13,15-16H2,1H3,(H2,33,39)(H,34,41)(H,35,42)(H,36,40)/t17-,23-,26-,27+,28+/m1/s1. The molecule has 0 unspecified atom stereocenters. The van der Waals surface area contributed by atoms with Crippen molar-refractivity contribution >= 4 is 29.3 Å². The zero-order valence-corrected chi connectivity index (χ0v) is 24.3. The summed E-state index contributed by atoms with van der Waals surface area (Å²) in [5, 5.41) is 29.3. The predicted molar refractivity (Wildman–Crippen MR) is 161 cm³/mol. The number of carbonyl (C=O) groups is 4. The molecule has 0 saturated carbocycles. The smallest absolute Gasteiger partial charge is 0.310 e. The quantitative estimate of drug-likeness (QED) is 0.114. The number of aromatic hydroxyl groups is 1. The summed E-state index contributed by atoms with van der Waals surface area (Å²) in [5.41, 5.74) is 8.33. The first-order chi connectivity index (χ1) is 21.5. The van der Waals surface area contributed by atoms with E-state index in [1.165, 1.54) is 6.07 Å². The van der Waals surface area contributed by atoms with Gasteiger partial charge in [-0.25, -0.2) is 0 Å². The van der Waals surface area contributed by atoms with Gasteiger partial charge in [-0.3, -0.25) is 29.3 Å². The van der Waals surface area contributed by atoms with E-state index in [0.717, 1.165) is 28.8 Å². The summed E-state index contributed by atoms with van der Waals surface area (Å²) in [4.78, 5) is 62.7. The number of carbonyl (C=O) groups excluding carboxylic acids is 4. The van der Waals surface area contributed by atoms with Crippen LogP contribution in [-0.4, -0.2) is 58.0 Å². The number of nitro groups is 1. The van der Waals surface area contributed by atoms with Gasteiger partial charge in [0.25, 0.3) is 11.8 Å². The van der Waals surface area contributed by atoms with Crippen LogP contribution >= 0.6 is 0 Å². The number of fused-ring (bicyclic) bond motifs is 1. The van der Waals surface area contributed by atoms with Crippen molar-refractivity contribution in [3.8, 4) is 5.75 Å². The molecule has 3 aromatic carbocycles. The Kier molecular flexibility index (Phi) is 9.09. The van der Waals surface area contributed by atoms with Gasteiger partial charge < -0.3 is 31.5 Å². The van der Waals surface area contributed by atoms with E-state index in [1.807, 2.05) is 54.6 Å². The van der Waals surface area contributed by atoms with Crippen LogP contribution in [0.1, 0.15) is 35.2 Å². The maximum absolute atomic E-state index is 13.6. The number of nitrogens with two attached hydrogens (primary N) is 1. The normalized spacial score (nSPS) is 19.0. The summed E-state index contributed by atoms with van der Waals surface area (Å²) in [5.74, 6) is -3.63. The monoisotopic (exact) mass is 615 g/mol. The van der Waals surface area contributed by atoms with Gasteiger partial charge in [0.05, 0.1) is 11.0 Å². The largest absolute Gasteiger partial charge is 0.502 e. The minimum atomic E-state index is -1.33. The molecule has 0 radical (unpaired) electrons. The zero-order chi connectivity index (χ0) is 32.2. The van der Waals surface area contributed by atoms with Gasteiger partial charge in [0, 0.05) is 12.5 Å². The van der Waals surface area contributed by atoms with Gasteiger partial charge in [-0.15, -0.1) is 0 Å². The fraction of sp³-hybridized carbons (Fsp3) is 0.312. The fourth-order valence-electron chi connectivity index (χ4n) is 5.68. The van der Waals surface area contributed by atoms with Gasteiger partial charge >= 0.3 is 5.69 Å². The van der Waals surface area contributed by atoms with E-state index >= 15 is 0 Å². The topological polar surface area (TPSA) is 206 Å². The summed E-state index contributed by atoms with van der Waals surface area (Å²) in [6.45, 7) is 1.79. The lowest BCUT2D eigenvalue weighted by molar-refractivity contribution is -0.385. The Bertz CT molecular complexity index is 1610. The molecule has 1 aliphatic carbocycles. The molecule has 5 atom stereocenters. The molecule has 1 heterocycles. The second-order valence-electron chi connectivity index (χ2n) is 11.3. The molecular formula is C32H33N5O8. The van der Waals surface area contributed by atoms with E-state index in [-0.39, 0.29) is 23.9 Å². The third-order valence-corrected chi connectivity index (χ3v) is 8.13. The van der Waals surface area contributed by atoms with Crippen molar-refractivity contribution in [2.45, 2.75) is 56.5 Å². The Morgan fingerprint density at radius 1 is 0.933 bits per heavy atom. The number of hydrogen-bond donors (Lipinski definition) is 5. The Labute approximate surface area is 258 Å². The second-order valence-corrected chi connectivity index (χ2v) is 11.3. The van der Waals surface area contributed by atoms with Crippen LogP contribution in [0.15, 0.2) is 72.8 Å². The number of phenolic OH excluding ortho intramolecular Hbond substituents is 1. The minimum Gasteiger partial charge on any atom is -0.502 e. The van der Waals surface area contributed by atoms with Crippen molar-refractivity contribution in [2.75, 3.05) is 0 Å². The number of hydrogen-bond acceptors (Lipinski definition) is 8. The van der Waals surface area contributed by atoms with Crippen molar-refractivity contribution < 1.29 is 33.9 Å². The van der Waals surface area contributed by atoms with Gasteiger partial charge in [-0.1, -0.05) is 60.7 Å². The summed E-state index contributed by atoms with van der Waals surface area (Å²) >= 11 is 0. The number of ether oxygens (including phenoxy) is 1. The fourth-order valence-corrected chi connectivity index (χ4v) is 5.68. The number of primary amides is 1. The number of nitro benzene ring substituents is 1. The van der Waals surface area contributed by atoms with Crippen molar-refractivity contribution in [3.63, 3.8) is 0 Å². The highest BCUT2D eigenvalue weighted by molar-refractivity contribution is 5.98. The third-order valence-electron chi connectivity index (χ3n) is 8.13. The SMILES string of the molecule is C[C@@H](NC(=O)[C@H]1O[C@@H]1C(=O)N[C@H](Cc1ccc(O)c([N+](=O)[O-])c1)C(=O)N[C@@H](C(N)=O)C1Cc2ccccc2C1)c1ccccc1. The zero-order valence-electron chi connectivity index (χ0n) is 24.3. The number of phenols is 1. The number of nitrogens with one attached hydrogen (secondary N) is 3. The summed E-state index contributed by atoms with van der Waals surface area (Å²) in [7, 11) is 0. The second kappa shape index (κ2) is 13.1. The molecule has 1 saturated heterocycles. The molecule has 5 rings (SSSR count). The van der Waals surface area contributed by atoms with Crippen LogP contribution in [0.4, 0.5) is 5.69 Å². The van der Waals surface area contributed by atoms with E-state index in [1.54, 1.807) is 6.92 Å². The number of rotatable bonds is 12. The van der Waals surface area contributed by atoms with Crippen LogP contribution in [0.5, 0.6) is 5.75 Å².